The SMILES string of the molecule is CCOc1ccc(-c2csc3ncnc(Nc4ccc(C(N)=O)cc4)c23)cc1. The predicted octanol–water partition coefficient (Wildman–Crippen LogP) is 4.60. The molecule has 4 rings (SSSR count). The fourth-order valence-corrected chi connectivity index (χ4v) is 3.85. The minimum Gasteiger partial charge on any atom is -0.494 e. The molecule has 2 heterocycles. The molecule has 4 aromatic rings. The van der Waals surface area contributed by atoms with Gasteiger partial charge < -0.3 is 15.8 Å². The van der Waals surface area contributed by atoms with Gasteiger partial charge in [-0.25, -0.2) is 9.97 Å². The van der Waals surface area contributed by atoms with Crippen molar-refractivity contribution in [2.24, 2.45) is 5.73 Å². The van der Waals surface area contributed by atoms with Crippen LogP contribution in [0, 0.1) is 0 Å². The maximum atomic E-state index is 11.3. The van der Waals surface area contributed by atoms with Gasteiger partial charge in [-0.2, -0.15) is 0 Å². The van der Waals surface area contributed by atoms with Crippen LogP contribution in [0.1, 0.15) is 17.3 Å². The molecule has 140 valence electrons. The molecule has 0 saturated heterocycles. The molecule has 3 N–H and O–H groups in total. The first-order valence-electron chi connectivity index (χ1n) is 8.78. The van der Waals surface area contributed by atoms with Crippen molar-refractivity contribution in [1.82, 2.24) is 9.97 Å². The normalized spacial score (nSPS) is 10.8. The summed E-state index contributed by atoms with van der Waals surface area (Å²) in [6, 6.07) is 15.0. The first-order chi connectivity index (χ1) is 13.7. The number of benzene rings is 2. The van der Waals surface area contributed by atoms with Gasteiger partial charge in [0.15, 0.2) is 0 Å². The molecule has 6 nitrogen and oxygen atoms in total. The molecule has 0 radical (unpaired) electrons. The Kier molecular flexibility index (Phi) is 4.90. The number of nitrogens with zero attached hydrogens (tertiary/aromatic N) is 2. The average Bonchev–Trinajstić information content (AvgIpc) is 3.14. The lowest BCUT2D eigenvalue weighted by Crippen LogP contribution is -2.10. The van der Waals surface area contributed by atoms with Crippen LogP contribution in [0.5, 0.6) is 5.75 Å². The van der Waals surface area contributed by atoms with E-state index in [4.69, 9.17) is 10.5 Å². The lowest BCUT2D eigenvalue weighted by atomic mass is 10.1. The van der Waals surface area contributed by atoms with Crippen molar-refractivity contribution in [3.63, 3.8) is 0 Å². The molecule has 0 aliphatic heterocycles. The van der Waals surface area contributed by atoms with Gasteiger partial charge in [-0.15, -0.1) is 11.3 Å². The Hall–Kier alpha value is -3.45. The van der Waals surface area contributed by atoms with E-state index in [0.717, 1.165) is 32.8 Å². The van der Waals surface area contributed by atoms with Crippen LogP contribution in [0.3, 0.4) is 0 Å². The molecule has 28 heavy (non-hydrogen) atoms. The molecular formula is C21H18N4O2S. The molecule has 0 bridgehead atoms. The largest absolute Gasteiger partial charge is 0.494 e. The Balaban J connectivity index is 1.71. The van der Waals surface area contributed by atoms with Crippen molar-refractivity contribution in [1.29, 1.82) is 0 Å². The predicted molar refractivity (Wildman–Crippen MR) is 112 cm³/mol. The summed E-state index contributed by atoms with van der Waals surface area (Å²) in [5.74, 6) is 1.10. The fourth-order valence-electron chi connectivity index (χ4n) is 2.93. The molecule has 0 saturated carbocycles. The molecule has 0 atom stereocenters. The molecule has 2 aromatic heterocycles. The number of nitrogens with one attached hydrogen (secondary N) is 1. The quantitative estimate of drug-likeness (QED) is 0.502. The molecule has 0 unspecified atom stereocenters. The van der Waals surface area contributed by atoms with Crippen molar-refractivity contribution in [3.8, 4) is 16.9 Å². The molecular weight excluding hydrogens is 372 g/mol. The highest BCUT2D eigenvalue weighted by Crippen LogP contribution is 2.37. The second-order valence-corrected chi connectivity index (χ2v) is 6.93. The number of nitrogens with two attached hydrogens (primary N) is 1. The smallest absolute Gasteiger partial charge is 0.248 e. The highest BCUT2D eigenvalue weighted by atomic mass is 32.1. The average molecular weight is 390 g/mol. The maximum absolute atomic E-state index is 11.3. The van der Waals surface area contributed by atoms with Crippen molar-refractivity contribution in [3.05, 3.63) is 65.8 Å². The van der Waals surface area contributed by atoms with Gasteiger partial charge >= 0.3 is 0 Å². The highest BCUT2D eigenvalue weighted by Gasteiger charge is 2.13. The van der Waals surface area contributed by atoms with Gasteiger partial charge in [0.2, 0.25) is 5.91 Å². The highest BCUT2D eigenvalue weighted by molar-refractivity contribution is 7.17. The minimum absolute atomic E-state index is 0.452. The van der Waals surface area contributed by atoms with Crippen molar-refractivity contribution >= 4 is 39.0 Å². The zero-order valence-corrected chi connectivity index (χ0v) is 16.0. The van der Waals surface area contributed by atoms with E-state index in [2.05, 4.69) is 20.7 Å². The summed E-state index contributed by atoms with van der Waals surface area (Å²) in [6.45, 7) is 2.60. The molecule has 0 spiro atoms. The molecule has 0 fully saturated rings. The van der Waals surface area contributed by atoms with Crippen LogP contribution in [0.2, 0.25) is 0 Å². The first kappa shape index (κ1) is 17.9. The number of primary amides is 1. The fraction of sp³-hybridized carbons (Fsp3) is 0.0952. The monoisotopic (exact) mass is 390 g/mol. The molecule has 1 amide bonds. The third-order valence-electron chi connectivity index (χ3n) is 4.28. The Bertz CT molecular complexity index is 1120. The van der Waals surface area contributed by atoms with Crippen molar-refractivity contribution in [2.45, 2.75) is 6.92 Å². The van der Waals surface area contributed by atoms with Crippen LogP contribution in [-0.2, 0) is 0 Å². The van der Waals surface area contributed by atoms with Crippen LogP contribution in [0.15, 0.2) is 60.2 Å². The van der Waals surface area contributed by atoms with E-state index in [1.54, 1.807) is 41.9 Å². The van der Waals surface area contributed by atoms with E-state index >= 15 is 0 Å². The van der Waals surface area contributed by atoms with Crippen LogP contribution in [-0.4, -0.2) is 22.5 Å². The Morgan fingerprint density at radius 3 is 2.54 bits per heavy atom. The van der Waals surface area contributed by atoms with Crippen LogP contribution in [0.25, 0.3) is 21.3 Å². The number of hydrogen-bond acceptors (Lipinski definition) is 6. The van der Waals surface area contributed by atoms with E-state index < -0.39 is 5.91 Å². The Labute approximate surface area is 166 Å². The Morgan fingerprint density at radius 2 is 1.86 bits per heavy atom. The maximum Gasteiger partial charge on any atom is 0.248 e. The van der Waals surface area contributed by atoms with Gasteiger partial charge in [-0.05, 0) is 48.9 Å². The zero-order valence-electron chi connectivity index (χ0n) is 15.2. The van der Waals surface area contributed by atoms with Gasteiger partial charge in [0, 0.05) is 22.2 Å². The topological polar surface area (TPSA) is 90.1 Å². The van der Waals surface area contributed by atoms with E-state index in [0.29, 0.717) is 18.0 Å². The summed E-state index contributed by atoms with van der Waals surface area (Å²) in [6.07, 6.45) is 1.54. The summed E-state index contributed by atoms with van der Waals surface area (Å²) in [5, 5.41) is 6.35. The molecule has 7 heteroatoms. The first-order valence-corrected chi connectivity index (χ1v) is 9.66. The van der Waals surface area contributed by atoms with Gasteiger partial charge in [-0.3, -0.25) is 4.79 Å². The number of anilines is 2. The van der Waals surface area contributed by atoms with Gasteiger partial charge in [0.05, 0.1) is 12.0 Å². The van der Waals surface area contributed by atoms with E-state index in [-0.39, 0.29) is 0 Å². The van der Waals surface area contributed by atoms with Crippen molar-refractivity contribution < 1.29 is 9.53 Å². The number of aromatic nitrogens is 2. The number of carbonyl (C=O) groups excluding carboxylic acids is 1. The second kappa shape index (κ2) is 7.66. The van der Waals surface area contributed by atoms with Gasteiger partial charge in [0.1, 0.15) is 22.7 Å². The van der Waals surface area contributed by atoms with Gasteiger partial charge in [0.25, 0.3) is 0 Å². The van der Waals surface area contributed by atoms with Crippen molar-refractivity contribution in [2.75, 3.05) is 11.9 Å². The number of carbonyl (C=O) groups is 1. The summed E-state index contributed by atoms with van der Waals surface area (Å²) in [7, 11) is 0. The van der Waals surface area contributed by atoms with Gasteiger partial charge in [-0.1, -0.05) is 12.1 Å². The number of hydrogen-bond donors (Lipinski definition) is 2. The zero-order chi connectivity index (χ0) is 19.5. The van der Waals surface area contributed by atoms with E-state index in [1.165, 1.54) is 0 Å². The van der Waals surface area contributed by atoms with Crippen LogP contribution >= 0.6 is 11.3 Å². The number of fused-ring (bicyclic) bond motifs is 1. The second-order valence-electron chi connectivity index (χ2n) is 6.08. The lowest BCUT2D eigenvalue weighted by Gasteiger charge is -2.09. The minimum atomic E-state index is -0.452. The summed E-state index contributed by atoms with van der Waals surface area (Å²) in [4.78, 5) is 21.0. The molecule has 2 aromatic carbocycles. The van der Waals surface area contributed by atoms with Crippen LogP contribution < -0.4 is 15.8 Å². The number of amides is 1. The lowest BCUT2D eigenvalue weighted by molar-refractivity contribution is 0.100. The van der Waals surface area contributed by atoms with E-state index in [9.17, 15) is 4.79 Å². The summed E-state index contributed by atoms with van der Waals surface area (Å²) in [5.41, 5.74) is 8.70. The number of thiophene rings is 1. The summed E-state index contributed by atoms with van der Waals surface area (Å²) >= 11 is 1.57. The third kappa shape index (κ3) is 3.52. The standard InChI is InChI=1S/C21H18N4O2S/c1-2-27-16-9-5-13(6-10-16)17-11-28-21-18(17)20(23-12-24-21)25-15-7-3-14(4-8-15)19(22)26/h3-12H,2H2,1H3,(H2,22,26)(H,23,24,25). The number of rotatable bonds is 6. The third-order valence-corrected chi connectivity index (χ3v) is 5.17. The molecule has 0 aliphatic rings. The van der Waals surface area contributed by atoms with Crippen LogP contribution in [0.4, 0.5) is 11.5 Å². The van der Waals surface area contributed by atoms with E-state index in [1.807, 2.05) is 31.2 Å². The summed E-state index contributed by atoms with van der Waals surface area (Å²) < 4.78 is 5.53. The number of ether oxygens (including phenoxy) is 1. The Morgan fingerprint density at radius 1 is 1.11 bits per heavy atom. The molecule has 0 aliphatic carbocycles.